The third-order valence-corrected chi connectivity index (χ3v) is 5.90. The van der Waals surface area contributed by atoms with E-state index in [0.717, 1.165) is 16.3 Å². The van der Waals surface area contributed by atoms with Crippen LogP contribution in [0.3, 0.4) is 0 Å². The molecule has 0 heterocycles. The van der Waals surface area contributed by atoms with Gasteiger partial charge in [0.2, 0.25) is 0 Å². The zero-order chi connectivity index (χ0) is 25.5. The standard InChI is InChI=1S/C27H22BrN3O5/c1-2-35-25-15-18(16-29-30-27(32)22-12-5-6-13-24(22)31(33)34)14-23(28)26(25)36-17-20-10-7-9-19-8-3-4-11-21(19)20/h3-16H,2,17H2,1H3,(H,30,32)/b29-16-. The third kappa shape index (κ3) is 5.69. The molecule has 0 saturated heterocycles. The summed E-state index contributed by atoms with van der Waals surface area (Å²) in [6, 6.07) is 23.4. The highest BCUT2D eigenvalue weighted by Crippen LogP contribution is 2.37. The monoisotopic (exact) mass is 547 g/mol. The average molecular weight is 548 g/mol. The Bertz CT molecular complexity index is 1450. The van der Waals surface area contributed by atoms with E-state index in [1.54, 1.807) is 18.2 Å². The second kappa shape index (κ2) is 11.5. The molecule has 0 bridgehead atoms. The number of carbonyl (C=O) groups is 1. The summed E-state index contributed by atoms with van der Waals surface area (Å²) >= 11 is 3.55. The molecule has 9 heteroatoms. The van der Waals surface area contributed by atoms with E-state index in [4.69, 9.17) is 9.47 Å². The highest BCUT2D eigenvalue weighted by atomic mass is 79.9. The molecule has 0 radical (unpaired) electrons. The number of hydrogen-bond acceptors (Lipinski definition) is 6. The van der Waals surface area contributed by atoms with Crippen LogP contribution >= 0.6 is 15.9 Å². The Balaban J connectivity index is 1.51. The van der Waals surface area contributed by atoms with E-state index in [2.05, 4.69) is 44.7 Å². The van der Waals surface area contributed by atoms with Crippen LogP contribution in [0.25, 0.3) is 10.8 Å². The Hall–Kier alpha value is -4.24. The van der Waals surface area contributed by atoms with E-state index >= 15 is 0 Å². The second-order valence-electron chi connectivity index (χ2n) is 7.66. The van der Waals surface area contributed by atoms with Crippen molar-refractivity contribution >= 4 is 44.5 Å². The number of fused-ring (bicyclic) bond motifs is 1. The molecule has 0 fully saturated rings. The average Bonchev–Trinajstić information content (AvgIpc) is 2.88. The number of para-hydroxylation sites is 1. The van der Waals surface area contributed by atoms with Crippen LogP contribution in [-0.4, -0.2) is 23.7 Å². The molecule has 0 spiro atoms. The van der Waals surface area contributed by atoms with E-state index in [1.807, 2.05) is 31.2 Å². The molecular formula is C27H22BrN3O5. The molecule has 0 atom stereocenters. The van der Waals surface area contributed by atoms with Gasteiger partial charge in [-0.15, -0.1) is 0 Å². The summed E-state index contributed by atoms with van der Waals surface area (Å²) in [5.74, 6) is 0.377. The Morgan fingerprint density at radius 2 is 1.81 bits per heavy atom. The van der Waals surface area contributed by atoms with Gasteiger partial charge in [-0.1, -0.05) is 54.6 Å². The quantitative estimate of drug-likeness (QED) is 0.151. The van der Waals surface area contributed by atoms with Crippen molar-refractivity contribution in [2.24, 2.45) is 5.10 Å². The first-order valence-corrected chi connectivity index (χ1v) is 11.9. The molecule has 4 aromatic rings. The third-order valence-electron chi connectivity index (χ3n) is 5.31. The van der Waals surface area contributed by atoms with Crippen LogP contribution in [0.1, 0.15) is 28.4 Å². The van der Waals surface area contributed by atoms with Crippen molar-refractivity contribution < 1.29 is 19.2 Å². The molecule has 36 heavy (non-hydrogen) atoms. The lowest BCUT2D eigenvalue weighted by Gasteiger charge is -2.15. The normalized spacial score (nSPS) is 10.9. The minimum atomic E-state index is -0.683. The summed E-state index contributed by atoms with van der Waals surface area (Å²) in [5, 5.41) is 17.4. The molecule has 1 amide bonds. The van der Waals surface area contributed by atoms with Gasteiger partial charge in [-0.05, 0) is 63.0 Å². The molecule has 1 N–H and O–H groups in total. The smallest absolute Gasteiger partial charge is 0.282 e. The molecule has 0 unspecified atom stereocenters. The van der Waals surface area contributed by atoms with E-state index < -0.39 is 10.8 Å². The fraction of sp³-hybridized carbons (Fsp3) is 0.111. The molecule has 4 rings (SSSR count). The van der Waals surface area contributed by atoms with Crippen molar-refractivity contribution in [3.05, 3.63) is 110 Å². The molecule has 8 nitrogen and oxygen atoms in total. The summed E-state index contributed by atoms with van der Waals surface area (Å²) in [6.07, 6.45) is 1.43. The van der Waals surface area contributed by atoms with Gasteiger partial charge < -0.3 is 9.47 Å². The van der Waals surface area contributed by atoms with Crippen molar-refractivity contribution in [3.8, 4) is 11.5 Å². The van der Waals surface area contributed by atoms with Gasteiger partial charge in [0.15, 0.2) is 11.5 Å². The Labute approximate surface area is 215 Å². The summed E-state index contributed by atoms with van der Waals surface area (Å²) in [6.45, 7) is 2.64. The van der Waals surface area contributed by atoms with Crippen LogP contribution < -0.4 is 14.9 Å². The number of halogens is 1. The molecule has 0 saturated carbocycles. The Kier molecular flexibility index (Phi) is 7.92. The number of hydrazone groups is 1. The van der Waals surface area contributed by atoms with Crippen LogP contribution in [0.5, 0.6) is 11.5 Å². The van der Waals surface area contributed by atoms with Gasteiger partial charge in [-0.3, -0.25) is 14.9 Å². The van der Waals surface area contributed by atoms with Gasteiger partial charge >= 0.3 is 0 Å². The van der Waals surface area contributed by atoms with Gasteiger partial charge in [0.25, 0.3) is 11.6 Å². The fourth-order valence-electron chi connectivity index (χ4n) is 3.68. The van der Waals surface area contributed by atoms with Gasteiger partial charge in [-0.2, -0.15) is 5.10 Å². The van der Waals surface area contributed by atoms with Gasteiger partial charge in [0.1, 0.15) is 12.2 Å². The van der Waals surface area contributed by atoms with E-state index in [0.29, 0.717) is 34.7 Å². The van der Waals surface area contributed by atoms with Crippen molar-refractivity contribution in [2.75, 3.05) is 6.61 Å². The first-order valence-electron chi connectivity index (χ1n) is 11.1. The maximum absolute atomic E-state index is 12.4. The van der Waals surface area contributed by atoms with E-state index in [-0.39, 0.29) is 11.3 Å². The molecule has 0 aromatic heterocycles. The lowest BCUT2D eigenvalue weighted by Crippen LogP contribution is -2.19. The Morgan fingerprint density at radius 3 is 2.61 bits per heavy atom. The minimum absolute atomic E-state index is 0.0759. The highest BCUT2D eigenvalue weighted by Gasteiger charge is 2.18. The summed E-state index contributed by atoms with van der Waals surface area (Å²) in [4.78, 5) is 22.9. The Morgan fingerprint density at radius 1 is 1.06 bits per heavy atom. The topological polar surface area (TPSA) is 103 Å². The van der Waals surface area contributed by atoms with Crippen molar-refractivity contribution in [2.45, 2.75) is 13.5 Å². The van der Waals surface area contributed by atoms with Gasteiger partial charge in [0, 0.05) is 6.07 Å². The molecule has 0 aliphatic heterocycles. The van der Waals surface area contributed by atoms with Crippen molar-refractivity contribution in [3.63, 3.8) is 0 Å². The number of nitro benzene ring substituents is 1. The number of ether oxygens (including phenoxy) is 2. The zero-order valence-corrected chi connectivity index (χ0v) is 20.9. The second-order valence-corrected chi connectivity index (χ2v) is 8.52. The SMILES string of the molecule is CCOc1cc(/C=N\NC(=O)c2ccccc2[N+](=O)[O-])cc(Br)c1OCc1cccc2ccccc12. The number of carbonyl (C=O) groups excluding carboxylic acids is 1. The largest absolute Gasteiger partial charge is 0.490 e. The highest BCUT2D eigenvalue weighted by molar-refractivity contribution is 9.10. The van der Waals surface area contributed by atoms with Gasteiger partial charge in [0.05, 0.1) is 22.2 Å². The van der Waals surface area contributed by atoms with E-state index in [1.165, 1.54) is 24.4 Å². The lowest BCUT2D eigenvalue weighted by atomic mass is 10.1. The molecule has 0 aliphatic rings. The lowest BCUT2D eigenvalue weighted by molar-refractivity contribution is -0.385. The maximum atomic E-state index is 12.4. The van der Waals surface area contributed by atoms with Crippen molar-refractivity contribution in [1.29, 1.82) is 0 Å². The maximum Gasteiger partial charge on any atom is 0.282 e. The summed E-state index contributed by atoms with van der Waals surface area (Å²) < 4.78 is 12.6. The minimum Gasteiger partial charge on any atom is -0.490 e. The number of hydrogen-bond donors (Lipinski definition) is 1. The number of nitrogens with one attached hydrogen (secondary N) is 1. The van der Waals surface area contributed by atoms with Crippen LogP contribution in [0.4, 0.5) is 5.69 Å². The number of amides is 1. The first kappa shape index (κ1) is 24.9. The number of nitrogens with zero attached hydrogens (tertiary/aromatic N) is 2. The molecule has 182 valence electrons. The fourth-order valence-corrected chi connectivity index (χ4v) is 4.26. The molecular weight excluding hydrogens is 526 g/mol. The summed E-state index contributed by atoms with van der Waals surface area (Å²) in [5.41, 5.74) is 3.64. The zero-order valence-electron chi connectivity index (χ0n) is 19.3. The number of rotatable bonds is 9. The molecule has 0 aliphatic carbocycles. The number of benzene rings is 4. The predicted molar refractivity (Wildman–Crippen MR) is 142 cm³/mol. The van der Waals surface area contributed by atoms with Crippen LogP contribution in [-0.2, 0) is 6.61 Å². The summed E-state index contributed by atoms with van der Waals surface area (Å²) in [7, 11) is 0. The predicted octanol–water partition coefficient (Wildman–Crippen LogP) is 6.25. The van der Waals surface area contributed by atoms with Crippen LogP contribution in [0, 0.1) is 10.1 Å². The van der Waals surface area contributed by atoms with Crippen LogP contribution in [0.15, 0.2) is 88.4 Å². The number of nitro groups is 1. The van der Waals surface area contributed by atoms with Crippen molar-refractivity contribution in [1.82, 2.24) is 5.43 Å². The van der Waals surface area contributed by atoms with Crippen LogP contribution in [0.2, 0.25) is 0 Å². The molecule has 4 aromatic carbocycles. The van der Waals surface area contributed by atoms with Gasteiger partial charge in [-0.25, -0.2) is 5.43 Å². The van der Waals surface area contributed by atoms with E-state index in [9.17, 15) is 14.9 Å². The first-order chi connectivity index (χ1) is 17.5.